The maximum Gasteiger partial charge on any atom is 0.103 e. The Kier molecular flexibility index (Phi) is 11.2. The Labute approximate surface area is 146 Å². The largest absolute Gasteiger partial charge is 0.247 e. The predicted molar refractivity (Wildman–Crippen MR) is 102 cm³/mol. The van der Waals surface area contributed by atoms with Gasteiger partial charge >= 0.3 is 0 Å². The average molecular weight is 327 g/mol. The normalized spacial score (nSPS) is 26.5. The van der Waals surface area contributed by atoms with Gasteiger partial charge in [0.2, 0.25) is 0 Å². The van der Waals surface area contributed by atoms with Gasteiger partial charge in [-0.3, -0.25) is 0 Å². The zero-order valence-electron chi connectivity index (χ0n) is 16.5. The Morgan fingerprint density at radius 1 is 0.913 bits per heavy atom. The van der Waals surface area contributed by atoms with E-state index in [1.165, 1.54) is 57.8 Å². The number of hydrogen-bond donors (Lipinski definition) is 0. The van der Waals surface area contributed by atoms with Crippen molar-refractivity contribution in [1.29, 1.82) is 0 Å². The molecule has 0 spiro atoms. The van der Waals surface area contributed by atoms with Crippen LogP contribution in [-0.4, -0.2) is 6.17 Å². The molecule has 138 valence electrons. The minimum atomic E-state index is -0.568. The molecule has 0 heterocycles. The fraction of sp³-hybridized carbons (Fsp3) is 1.00. The maximum absolute atomic E-state index is 14.2. The van der Waals surface area contributed by atoms with Gasteiger partial charge in [-0.2, -0.15) is 0 Å². The molecule has 1 saturated carbocycles. The van der Waals surface area contributed by atoms with E-state index in [4.69, 9.17) is 0 Å². The summed E-state index contributed by atoms with van der Waals surface area (Å²) in [5.41, 5.74) is 0. The predicted octanol–water partition coefficient (Wildman–Crippen LogP) is 7.95. The Morgan fingerprint density at radius 2 is 1.70 bits per heavy atom. The molecule has 1 fully saturated rings. The Balaban J connectivity index is 2.34. The molecule has 5 atom stereocenters. The topological polar surface area (TPSA) is 0 Å². The van der Waals surface area contributed by atoms with Crippen LogP contribution in [0.3, 0.4) is 0 Å². The third-order valence-electron chi connectivity index (χ3n) is 6.46. The summed E-state index contributed by atoms with van der Waals surface area (Å²) in [5.74, 6) is 2.97. The second-order valence-electron chi connectivity index (χ2n) is 8.30. The molecule has 1 aliphatic rings. The van der Waals surface area contributed by atoms with Crippen LogP contribution in [0.25, 0.3) is 0 Å². The van der Waals surface area contributed by atoms with Gasteiger partial charge < -0.3 is 0 Å². The van der Waals surface area contributed by atoms with E-state index in [1.54, 1.807) is 0 Å². The molecule has 0 amide bonds. The van der Waals surface area contributed by atoms with Crippen molar-refractivity contribution in [2.24, 2.45) is 23.7 Å². The molecule has 1 heteroatoms. The molecule has 0 aromatic heterocycles. The number of alkyl halides is 1. The van der Waals surface area contributed by atoms with E-state index < -0.39 is 6.17 Å². The Morgan fingerprint density at radius 3 is 2.35 bits per heavy atom. The molecular weight excluding hydrogens is 283 g/mol. The van der Waals surface area contributed by atoms with Gasteiger partial charge in [0.1, 0.15) is 6.17 Å². The van der Waals surface area contributed by atoms with E-state index in [0.717, 1.165) is 43.4 Å². The molecular formula is C22H43F. The van der Waals surface area contributed by atoms with Crippen molar-refractivity contribution in [3.05, 3.63) is 0 Å². The van der Waals surface area contributed by atoms with Gasteiger partial charge in [-0.15, -0.1) is 0 Å². The number of rotatable bonds is 11. The highest BCUT2D eigenvalue weighted by atomic mass is 19.1. The molecule has 0 nitrogen and oxygen atoms in total. The molecule has 1 rings (SSSR count). The SMILES string of the molecule is CCCCC(CC)C1CCCC(CCC(F)C(C)CCC)CC1. The summed E-state index contributed by atoms with van der Waals surface area (Å²) in [6.45, 7) is 8.95. The Hall–Kier alpha value is -0.0700. The minimum absolute atomic E-state index is 0.261. The molecule has 23 heavy (non-hydrogen) atoms. The first-order valence-electron chi connectivity index (χ1n) is 10.8. The highest BCUT2D eigenvalue weighted by Crippen LogP contribution is 2.37. The van der Waals surface area contributed by atoms with Gasteiger partial charge in [0.25, 0.3) is 0 Å². The molecule has 5 unspecified atom stereocenters. The van der Waals surface area contributed by atoms with E-state index in [-0.39, 0.29) is 5.92 Å². The van der Waals surface area contributed by atoms with E-state index in [1.807, 2.05) is 0 Å². The summed E-state index contributed by atoms with van der Waals surface area (Å²) in [6, 6.07) is 0. The lowest BCUT2D eigenvalue weighted by Crippen LogP contribution is -2.15. The second kappa shape index (κ2) is 12.3. The second-order valence-corrected chi connectivity index (χ2v) is 8.30. The molecule has 0 bridgehead atoms. The number of unbranched alkanes of at least 4 members (excludes halogenated alkanes) is 1. The summed E-state index contributed by atoms with van der Waals surface area (Å²) in [7, 11) is 0. The fourth-order valence-corrected chi connectivity index (χ4v) is 4.72. The number of halogens is 1. The molecule has 0 aliphatic heterocycles. The lowest BCUT2D eigenvalue weighted by atomic mass is 9.81. The first kappa shape index (κ1) is 21.0. The van der Waals surface area contributed by atoms with Crippen LogP contribution in [0.2, 0.25) is 0 Å². The van der Waals surface area contributed by atoms with Crippen LogP contribution in [-0.2, 0) is 0 Å². The highest BCUT2D eigenvalue weighted by Gasteiger charge is 2.25. The number of hydrogen-bond acceptors (Lipinski definition) is 0. The molecule has 0 saturated heterocycles. The Bertz CT molecular complexity index is 275. The van der Waals surface area contributed by atoms with E-state index in [2.05, 4.69) is 27.7 Å². The summed E-state index contributed by atoms with van der Waals surface area (Å²) in [5, 5.41) is 0. The van der Waals surface area contributed by atoms with Crippen LogP contribution >= 0.6 is 0 Å². The van der Waals surface area contributed by atoms with Gasteiger partial charge in [0.15, 0.2) is 0 Å². The highest BCUT2D eigenvalue weighted by molar-refractivity contribution is 4.77. The quantitative estimate of drug-likeness (QED) is 0.338. The van der Waals surface area contributed by atoms with Gasteiger partial charge in [-0.1, -0.05) is 85.5 Å². The van der Waals surface area contributed by atoms with Gasteiger partial charge in [-0.25, -0.2) is 4.39 Å². The van der Waals surface area contributed by atoms with Crippen molar-refractivity contribution >= 4 is 0 Å². The van der Waals surface area contributed by atoms with Crippen LogP contribution in [0, 0.1) is 23.7 Å². The smallest absolute Gasteiger partial charge is 0.103 e. The minimum Gasteiger partial charge on any atom is -0.247 e. The van der Waals surface area contributed by atoms with Crippen LogP contribution < -0.4 is 0 Å². The molecule has 0 radical (unpaired) electrons. The van der Waals surface area contributed by atoms with Crippen molar-refractivity contribution in [3.63, 3.8) is 0 Å². The van der Waals surface area contributed by atoms with Crippen molar-refractivity contribution in [2.75, 3.05) is 0 Å². The van der Waals surface area contributed by atoms with Crippen molar-refractivity contribution < 1.29 is 4.39 Å². The zero-order chi connectivity index (χ0) is 17.1. The molecule has 0 aromatic carbocycles. The zero-order valence-corrected chi connectivity index (χ0v) is 16.5. The van der Waals surface area contributed by atoms with Crippen LogP contribution in [0.5, 0.6) is 0 Å². The molecule has 0 aromatic rings. The van der Waals surface area contributed by atoms with Crippen molar-refractivity contribution in [2.45, 2.75) is 117 Å². The van der Waals surface area contributed by atoms with Crippen molar-refractivity contribution in [3.8, 4) is 0 Å². The third-order valence-corrected chi connectivity index (χ3v) is 6.46. The lowest BCUT2D eigenvalue weighted by molar-refractivity contribution is 0.198. The fourth-order valence-electron chi connectivity index (χ4n) is 4.72. The average Bonchev–Trinajstić information content (AvgIpc) is 2.79. The summed E-state index contributed by atoms with van der Waals surface area (Å²) in [6.07, 6.45) is 16.0. The monoisotopic (exact) mass is 326 g/mol. The first-order valence-corrected chi connectivity index (χ1v) is 10.8. The van der Waals surface area contributed by atoms with E-state index in [0.29, 0.717) is 0 Å². The van der Waals surface area contributed by atoms with Gasteiger partial charge in [0, 0.05) is 0 Å². The van der Waals surface area contributed by atoms with Crippen LogP contribution in [0.15, 0.2) is 0 Å². The van der Waals surface area contributed by atoms with Gasteiger partial charge in [0.05, 0.1) is 0 Å². The summed E-state index contributed by atoms with van der Waals surface area (Å²) < 4.78 is 14.2. The summed E-state index contributed by atoms with van der Waals surface area (Å²) in [4.78, 5) is 0. The van der Waals surface area contributed by atoms with E-state index >= 15 is 0 Å². The first-order chi connectivity index (χ1) is 11.1. The lowest BCUT2D eigenvalue weighted by Gasteiger charge is -2.25. The maximum atomic E-state index is 14.2. The van der Waals surface area contributed by atoms with E-state index in [9.17, 15) is 4.39 Å². The van der Waals surface area contributed by atoms with Gasteiger partial charge in [-0.05, 0) is 49.4 Å². The third kappa shape index (κ3) is 8.03. The van der Waals surface area contributed by atoms with Crippen LogP contribution in [0.1, 0.15) is 111 Å². The molecule has 1 aliphatic carbocycles. The van der Waals surface area contributed by atoms with Crippen molar-refractivity contribution in [1.82, 2.24) is 0 Å². The standard InChI is InChI=1S/C22H43F/c1-5-8-12-20(7-3)21-13-9-11-19(14-16-21)15-17-22(23)18(4)10-6-2/h18-22H,5-17H2,1-4H3. The van der Waals surface area contributed by atoms with Crippen LogP contribution in [0.4, 0.5) is 4.39 Å². The summed E-state index contributed by atoms with van der Waals surface area (Å²) >= 11 is 0. The molecule has 0 N–H and O–H groups in total.